The van der Waals surface area contributed by atoms with Gasteiger partial charge < -0.3 is 20.7 Å². The first-order valence-electron chi connectivity index (χ1n) is 7.88. The largest absolute Gasteiger partial charge is 0.497 e. The molecule has 2 aromatic rings. The van der Waals surface area contributed by atoms with Crippen molar-refractivity contribution in [3.8, 4) is 5.75 Å². The molecule has 0 atom stereocenters. The molecule has 3 N–H and O–H groups in total. The van der Waals surface area contributed by atoms with Gasteiger partial charge >= 0.3 is 0 Å². The van der Waals surface area contributed by atoms with E-state index in [1.165, 1.54) is 0 Å². The van der Waals surface area contributed by atoms with E-state index in [2.05, 4.69) is 10.2 Å². The Bertz CT molecular complexity index is 758. The molecule has 0 bridgehead atoms. The molecule has 126 valence electrons. The standard InChI is InChI=1S/C18H20ClN3O2/c1-24-13-6-4-5-12(9-13)18(23)21-16-11-17(15(20)10-14(16)19)22-7-2-3-8-22/h4-6,9-11H,2-3,7-8,20H2,1H3,(H,21,23). The lowest BCUT2D eigenvalue weighted by atomic mass is 10.1. The van der Waals surface area contributed by atoms with Crippen LogP contribution in [0.5, 0.6) is 5.75 Å². The normalized spacial score (nSPS) is 13.8. The zero-order chi connectivity index (χ0) is 17.1. The summed E-state index contributed by atoms with van der Waals surface area (Å²) in [7, 11) is 1.57. The van der Waals surface area contributed by atoms with Crippen molar-refractivity contribution in [2.45, 2.75) is 12.8 Å². The number of nitrogens with one attached hydrogen (secondary N) is 1. The fourth-order valence-corrected chi connectivity index (χ4v) is 3.08. The Kier molecular flexibility index (Phi) is 4.81. The van der Waals surface area contributed by atoms with Gasteiger partial charge in [-0.2, -0.15) is 0 Å². The maximum absolute atomic E-state index is 12.5. The van der Waals surface area contributed by atoms with E-state index in [0.717, 1.165) is 31.6 Å². The minimum atomic E-state index is -0.243. The number of ether oxygens (including phenoxy) is 1. The van der Waals surface area contributed by atoms with E-state index in [0.29, 0.717) is 27.7 Å². The fraction of sp³-hybridized carbons (Fsp3) is 0.278. The maximum atomic E-state index is 12.5. The number of rotatable bonds is 4. The van der Waals surface area contributed by atoms with Crippen molar-refractivity contribution in [3.63, 3.8) is 0 Å². The molecule has 1 saturated heterocycles. The molecular weight excluding hydrogens is 326 g/mol. The van der Waals surface area contributed by atoms with Crippen molar-refractivity contribution in [2.75, 3.05) is 36.1 Å². The van der Waals surface area contributed by atoms with E-state index in [-0.39, 0.29) is 5.91 Å². The second-order valence-electron chi connectivity index (χ2n) is 5.77. The summed E-state index contributed by atoms with van der Waals surface area (Å²) in [5.74, 6) is 0.386. The van der Waals surface area contributed by atoms with E-state index in [4.69, 9.17) is 22.1 Å². The molecule has 1 aliphatic rings. The molecule has 24 heavy (non-hydrogen) atoms. The topological polar surface area (TPSA) is 67.6 Å². The van der Waals surface area contributed by atoms with Crippen LogP contribution in [-0.2, 0) is 0 Å². The number of anilines is 3. The van der Waals surface area contributed by atoms with E-state index < -0.39 is 0 Å². The maximum Gasteiger partial charge on any atom is 0.255 e. The number of amides is 1. The van der Waals surface area contributed by atoms with E-state index in [1.54, 1.807) is 37.4 Å². The summed E-state index contributed by atoms with van der Waals surface area (Å²) < 4.78 is 5.15. The zero-order valence-electron chi connectivity index (χ0n) is 13.5. The summed E-state index contributed by atoms with van der Waals surface area (Å²) >= 11 is 6.26. The molecule has 1 fully saturated rings. The Morgan fingerprint density at radius 1 is 1.25 bits per heavy atom. The smallest absolute Gasteiger partial charge is 0.255 e. The first kappa shape index (κ1) is 16.5. The SMILES string of the molecule is COc1cccc(C(=O)Nc2cc(N3CCCC3)c(N)cc2Cl)c1. The lowest BCUT2D eigenvalue weighted by molar-refractivity contribution is 0.102. The number of carbonyl (C=O) groups is 1. The molecule has 3 rings (SSSR count). The van der Waals surface area contributed by atoms with Crippen molar-refractivity contribution >= 4 is 34.6 Å². The highest BCUT2D eigenvalue weighted by Gasteiger charge is 2.18. The highest BCUT2D eigenvalue weighted by molar-refractivity contribution is 6.34. The van der Waals surface area contributed by atoms with Gasteiger partial charge in [-0.3, -0.25) is 4.79 Å². The Morgan fingerprint density at radius 3 is 2.71 bits per heavy atom. The molecule has 0 aliphatic carbocycles. The molecule has 0 unspecified atom stereocenters. The average Bonchev–Trinajstić information content (AvgIpc) is 3.11. The molecule has 0 aromatic heterocycles. The highest BCUT2D eigenvalue weighted by atomic mass is 35.5. The van der Waals surface area contributed by atoms with Crippen LogP contribution < -0.4 is 20.7 Å². The number of hydrogen-bond acceptors (Lipinski definition) is 4. The van der Waals surface area contributed by atoms with Gasteiger partial charge in [-0.15, -0.1) is 0 Å². The van der Waals surface area contributed by atoms with Crippen molar-refractivity contribution in [1.82, 2.24) is 0 Å². The van der Waals surface area contributed by atoms with Crippen molar-refractivity contribution in [2.24, 2.45) is 0 Å². The van der Waals surface area contributed by atoms with Gasteiger partial charge in [0.1, 0.15) is 5.75 Å². The average molecular weight is 346 g/mol. The molecule has 2 aromatic carbocycles. The number of nitrogens with two attached hydrogens (primary N) is 1. The molecule has 1 aliphatic heterocycles. The van der Waals surface area contributed by atoms with E-state index in [1.807, 2.05) is 6.07 Å². The van der Waals surface area contributed by atoms with Crippen LogP contribution in [0.2, 0.25) is 5.02 Å². The van der Waals surface area contributed by atoms with Crippen LogP contribution in [-0.4, -0.2) is 26.1 Å². The second-order valence-corrected chi connectivity index (χ2v) is 6.18. The van der Waals surface area contributed by atoms with Gasteiger partial charge in [-0.1, -0.05) is 17.7 Å². The van der Waals surface area contributed by atoms with Crippen molar-refractivity contribution in [1.29, 1.82) is 0 Å². The summed E-state index contributed by atoms with van der Waals surface area (Å²) in [6.07, 6.45) is 2.29. The lowest BCUT2D eigenvalue weighted by Gasteiger charge is -2.21. The third-order valence-electron chi connectivity index (χ3n) is 4.14. The summed E-state index contributed by atoms with van der Waals surface area (Å²) in [5, 5.41) is 3.28. The monoisotopic (exact) mass is 345 g/mol. The summed E-state index contributed by atoms with van der Waals surface area (Å²) in [6, 6.07) is 10.5. The van der Waals surface area contributed by atoms with Gasteiger partial charge in [0, 0.05) is 18.7 Å². The minimum absolute atomic E-state index is 0.243. The number of benzene rings is 2. The lowest BCUT2D eigenvalue weighted by Crippen LogP contribution is -2.20. The van der Waals surface area contributed by atoms with Crippen LogP contribution in [0.4, 0.5) is 17.1 Å². The van der Waals surface area contributed by atoms with Gasteiger partial charge in [-0.25, -0.2) is 0 Å². The molecule has 0 saturated carbocycles. The molecule has 1 amide bonds. The number of nitrogen functional groups attached to an aromatic ring is 1. The quantitative estimate of drug-likeness (QED) is 0.827. The van der Waals surface area contributed by atoms with Gasteiger partial charge in [0.25, 0.3) is 5.91 Å². The summed E-state index contributed by atoms with van der Waals surface area (Å²) in [6.45, 7) is 1.93. The molecule has 0 spiro atoms. The molecular formula is C18H20ClN3O2. The van der Waals surface area contributed by atoms with Gasteiger partial charge in [0.15, 0.2) is 0 Å². The summed E-state index contributed by atoms with van der Waals surface area (Å²) in [5.41, 5.74) is 8.70. The van der Waals surface area contributed by atoms with Crippen LogP contribution in [0.15, 0.2) is 36.4 Å². The third kappa shape index (κ3) is 3.41. The molecule has 6 heteroatoms. The Balaban J connectivity index is 1.85. The summed E-state index contributed by atoms with van der Waals surface area (Å²) in [4.78, 5) is 14.7. The predicted octanol–water partition coefficient (Wildman–Crippen LogP) is 3.78. The van der Waals surface area contributed by atoms with Gasteiger partial charge in [0.2, 0.25) is 0 Å². The second kappa shape index (κ2) is 7.01. The van der Waals surface area contributed by atoms with Crippen LogP contribution in [0.3, 0.4) is 0 Å². The minimum Gasteiger partial charge on any atom is -0.497 e. The highest BCUT2D eigenvalue weighted by Crippen LogP contribution is 2.35. The van der Waals surface area contributed by atoms with Crippen molar-refractivity contribution < 1.29 is 9.53 Å². The first-order chi connectivity index (χ1) is 11.6. The van der Waals surface area contributed by atoms with E-state index in [9.17, 15) is 4.79 Å². The Hall–Kier alpha value is -2.40. The number of methoxy groups -OCH3 is 1. The van der Waals surface area contributed by atoms with Crippen LogP contribution in [0.1, 0.15) is 23.2 Å². The zero-order valence-corrected chi connectivity index (χ0v) is 14.3. The van der Waals surface area contributed by atoms with Crippen LogP contribution in [0, 0.1) is 0 Å². The van der Waals surface area contributed by atoms with Crippen LogP contribution in [0.25, 0.3) is 0 Å². The van der Waals surface area contributed by atoms with Crippen LogP contribution >= 0.6 is 11.6 Å². The molecule has 1 heterocycles. The Morgan fingerprint density at radius 2 is 2.00 bits per heavy atom. The van der Waals surface area contributed by atoms with Gasteiger partial charge in [-0.05, 0) is 43.2 Å². The number of carbonyl (C=O) groups excluding carboxylic acids is 1. The van der Waals surface area contributed by atoms with Crippen molar-refractivity contribution in [3.05, 3.63) is 47.0 Å². The third-order valence-corrected chi connectivity index (χ3v) is 4.46. The number of hydrogen-bond donors (Lipinski definition) is 2. The Labute approximate surface area is 146 Å². The van der Waals surface area contributed by atoms with E-state index >= 15 is 0 Å². The van der Waals surface area contributed by atoms with Gasteiger partial charge in [0.05, 0.1) is 29.2 Å². The molecule has 5 nitrogen and oxygen atoms in total. The molecule has 0 radical (unpaired) electrons. The number of halogens is 1. The fourth-order valence-electron chi connectivity index (χ4n) is 2.86. The number of nitrogens with zero attached hydrogens (tertiary/aromatic N) is 1. The first-order valence-corrected chi connectivity index (χ1v) is 8.25. The predicted molar refractivity (Wildman–Crippen MR) is 98.3 cm³/mol.